The molecule has 1 aliphatic heterocycles. The molecular weight excluding hydrogens is 360 g/mol. The third kappa shape index (κ3) is 3.24. The number of hydrogen-bond acceptors (Lipinski definition) is 3. The number of sulfonamides is 1. The normalized spacial score (nSPS) is 36.2. The molecule has 0 radical (unpaired) electrons. The predicted molar refractivity (Wildman–Crippen MR) is 102 cm³/mol. The first-order valence-corrected chi connectivity index (χ1v) is 12.1. The van der Waals surface area contributed by atoms with Crippen molar-refractivity contribution in [1.29, 1.82) is 0 Å². The van der Waals surface area contributed by atoms with Gasteiger partial charge < -0.3 is 10.1 Å². The summed E-state index contributed by atoms with van der Waals surface area (Å²) in [5.41, 5.74) is 1.22. The van der Waals surface area contributed by atoms with Gasteiger partial charge in [0.2, 0.25) is 10.0 Å². The summed E-state index contributed by atoms with van der Waals surface area (Å²) >= 11 is 0. The number of hydrogen-bond donors (Lipinski definition) is 1. The zero-order chi connectivity index (χ0) is 18.4. The molecule has 5 atom stereocenters. The van der Waals surface area contributed by atoms with Crippen LogP contribution in [0.4, 0.5) is 0 Å². The van der Waals surface area contributed by atoms with Crippen LogP contribution >= 0.6 is 0 Å². The Morgan fingerprint density at radius 3 is 2.52 bits per heavy atom. The molecule has 27 heavy (non-hydrogen) atoms. The fourth-order valence-electron chi connectivity index (χ4n) is 6.41. The van der Waals surface area contributed by atoms with E-state index in [0.717, 1.165) is 36.3 Å². The third-order valence-electron chi connectivity index (χ3n) is 7.67. The average Bonchev–Trinajstić information content (AvgIpc) is 3.41. The van der Waals surface area contributed by atoms with Gasteiger partial charge in [-0.25, -0.2) is 8.42 Å². The topological polar surface area (TPSA) is 63.2 Å². The summed E-state index contributed by atoms with van der Waals surface area (Å²) in [4.78, 5) is 0.405. The molecule has 3 saturated carbocycles. The van der Waals surface area contributed by atoms with Gasteiger partial charge in [-0.1, -0.05) is 18.6 Å². The minimum atomic E-state index is -3.38. The molecule has 1 heterocycles. The SMILES string of the molecule is O=S(=O)(c1ccc(C[NH2+][C@@H]2C[C@H]3C[C@@H]2[C@H]2CCC[C@H]32)cc1)N1CCOCC1. The minimum Gasteiger partial charge on any atom is -0.379 e. The summed E-state index contributed by atoms with van der Waals surface area (Å²) in [6.07, 6.45) is 7.26. The Kier molecular flexibility index (Phi) is 4.79. The van der Waals surface area contributed by atoms with Crippen LogP contribution < -0.4 is 5.32 Å². The zero-order valence-electron chi connectivity index (χ0n) is 15.9. The van der Waals surface area contributed by atoms with Gasteiger partial charge in [-0.2, -0.15) is 4.31 Å². The molecule has 5 rings (SSSR count). The highest BCUT2D eigenvalue weighted by atomic mass is 32.2. The van der Waals surface area contributed by atoms with Crippen molar-refractivity contribution in [2.45, 2.75) is 49.6 Å². The second-order valence-corrected chi connectivity index (χ2v) is 10.9. The van der Waals surface area contributed by atoms with Crippen molar-refractivity contribution < 1.29 is 18.5 Å². The molecule has 4 fully saturated rings. The van der Waals surface area contributed by atoms with E-state index in [1.165, 1.54) is 42.0 Å². The molecular formula is C21H31N2O3S+. The maximum atomic E-state index is 12.7. The van der Waals surface area contributed by atoms with Crippen molar-refractivity contribution in [1.82, 2.24) is 4.31 Å². The monoisotopic (exact) mass is 391 g/mol. The van der Waals surface area contributed by atoms with Crippen molar-refractivity contribution in [3.05, 3.63) is 29.8 Å². The number of benzene rings is 1. The molecule has 148 valence electrons. The van der Waals surface area contributed by atoms with E-state index in [-0.39, 0.29) is 0 Å². The van der Waals surface area contributed by atoms with Crippen molar-refractivity contribution in [3.8, 4) is 0 Å². The summed E-state index contributed by atoms with van der Waals surface area (Å²) in [5, 5.41) is 2.53. The summed E-state index contributed by atoms with van der Waals surface area (Å²) < 4.78 is 32.2. The zero-order valence-corrected chi connectivity index (χ0v) is 16.7. The Bertz CT molecular complexity index is 773. The second kappa shape index (κ2) is 7.14. The maximum absolute atomic E-state index is 12.7. The largest absolute Gasteiger partial charge is 0.379 e. The smallest absolute Gasteiger partial charge is 0.243 e. The number of fused-ring (bicyclic) bond motifs is 5. The van der Waals surface area contributed by atoms with Gasteiger partial charge in [0.05, 0.1) is 24.2 Å². The summed E-state index contributed by atoms with van der Waals surface area (Å²) in [7, 11) is -3.38. The molecule has 1 saturated heterocycles. The van der Waals surface area contributed by atoms with Gasteiger partial charge >= 0.3 is 0 Å². The van der Waals surface area contributed by atoms with Crippen LogP contribution in [-0.4, -0.2) is 45.1 Å². The quantitative estimate of drug-likeness (QED) is 0.829. The maximum Gasteiger partial charge on any atom is 0.243 e. The van der Waals surface area contributed by atoms with E-state index in [4.69, 9.17) is 4.74 Å². The molecule has 0 aromatic heterocycles. The van der Waals surface area contributed by atoms with E-state index in [1.807, 2.05) is 12.1 Å². The Labute approximate surface area is 162 Å². The highest BCUT2D eigenvalue weighted by molar-refractivity contribution is 7.89. The van der Waals surface area contributed by atoms with Crippen LogP contribution in [0.2, 0.25) is 0 Å². The number of ether oxygens (including phenoxy) is 1. The average molecular weight is 392 g/mol. The van der Waals surface area contributed by atoms with E-state index < -0.39 is 10.0 Å². The number of nitrogens with zero attached hydrogens (tertiary/aromatic N) is 1. The highest BCUT2D eigenvalue weighted by Crippen LogP contribution is 2.57. The molecule has 1 aromatic carbocycles. The highest BCUT2D eigenvalue weighted by Gasteiger charge is 2.55. The molecule has 4 aliphatic rings. The van der Waals surface area contributed by atoms with E-state index in [2.05, 4.69) is 5.32 Å². The molecule has 1 aromatic rings. The molecule has 2 N–H and O–H groups in total. The number of rotatable bonds is 5. The van der Waals surface area contributed by atoms with Gasteiger partial charge in [-0.05, 0) is 49.1 Å². The van der Waals surface area contributed by atoms with Crippen molar-refractivity contribution >= 4 is 10.0 Å². The third-order valence-corrected chi connectivity index (χ3v) is 9.58. The first-order chi connectivity index (χ1) is 13.1. The van der Waals surface area contributed by atoms with Crippen LogP contribution in [0.5, 0.6) is 0 Å². The van der Waals surface area contributed by atoms with Gasteiger partial charge in [0.1, 0.15) is 6.54 Å². The van der Waals surface area contributed by atoms with Crippen molar-refractivity contribution in [2.75, 3.05) is 26.3 Å². The lowest BCUT2D eigenvalue weighted by Crippen LogP contribution is -2.90. The van der Waals surface area contributed by atoms with Gasteiger partial charge in [0.15, 0.2) is 0 Å². The van der Waals surface area contributed by atoms with Gasteiger partial charge in [0, 0.05) is 31.0 Å². The molecule has 2 bridgehead atoms. The van der Waals surface area contributed by atoms with E-state index >= 15 is 0 Å². The van der Waals surface area contributed by atoms with Crippen LogP contribution in [0.25, 0.3) is 0 Å². The fraction of sp³-hybridized carbons (Fsp3) is 0.714. The summed E-state index contributed by atoms with van der Waals surface area (Å²) in [6.45, 7) is 2.83. The molecule has 5 nitrogen and oxygen atoms in total. The Balaban J connectivity index is 1.20. The van der Waals surface area contributed by atoms with Crippen LogP contribution in [0.3, 0.4) is 0 Å². The number of morpholine rings is 1. The lowest BCUT2D eigenvalue weighted by atomic mass is 9.79. The lowest BCUT2D eigenvalue weighted by molar-refractivity contribution is -0.711. The molecule has 0 spiro atoms. The first kappa shape index (κ1) is 18.1. The Morgan fingerprint density at radius 1 is 1.00 bits per heavy atom. The molecule has 0 amide bonds. The standard InChI is InChI=1S/C21H30N2O3S/c24-27(25,23-8-10-26-11-9-23)17-6-4-15(5-7-17)14-22-21-13-16-12-20(21)19-3-1-2-18(16)19/h4-7,16,18-22H,1-3,8-14H2/p+1/t16-,18-,19+,20-,21-/m1/s1. The predicted octanol–water partition coefficient (Wildman–Crippen LogP) is 1.60. The molecule has 6 heteroatoms. The van der Waals surface area contributed by atoms with Gasteiger partial charge in [0.25, 0.3) is 0 Å². The minimum absolute atomic E-state index is 0.405. The van der Waals surface area contributed by atoms with E-state index in [9.17, 15) is 8.42 Å². The van der Waals surface area contributed by atoms with Crippen molar-refractivity contribution in [3.63, 3.8) is 0 Å². The van der Waals surface area contributed by atoms with Gasteiger partial charge in [-0.15, -0.1) is 0 Å². The van der Waals surface area contributed by atoms with Crippen LogP contribution in [-0.2, 0) is 21.3 Å². The van der Waals surface area contributed by atoms with E-state index in [1.54, 1.807) is 12.1 Å². The summed E-state index contributed by atoms with van der Waals surface area (Å²) in [5.74, 6) is 3.98. The molecule has 0 unspecified atom stereocenters. The Hall–Kier alpha value is -0.950. The van der Waals surface area contributed by atoms with Gasteiger partial charge in [-0.3, -0.25) is 0 Å². The first-order valence-electron chi connectivity index (χ1n) is 10.6. The Morgan fingerprint density at radius 2 is 1.74 bits per heavy atom. The second-order valence-electron chi connectivity index (χ2n) is 8.92. The van der Waals surface area contributed by atoms with Crippen molar-refractivity contribution in [2.24, 2.45) is 23.7 Å². The lowest BCUT2D eigenvalue weighted by Gasteiger charge is -2.30. The summed E-state index contributed by atoms with van der Waals surface area (Å²) in [6, 6.07) is 8.33. The van der Waals surface area contributed by atoms with Crippen LogP contribution in [0.15, 0.2) is 29.2 Å². The number of quaternary nitrogens is 1. The molecule has 3 aliphatic carbocycles. The fourth-order valence-corrected chi connectivity index (χ4v) is 7.82. The van der Waals surface area contributed by atoms with E-state index in [0.29, 0.717) is 31.2 Å². The number of nitrogens with two attached hydrogens (primary N) is 1. The van der Waals surface area contributed by atoms with Crippen LogP contribution in [0.1, 0.15) is 37.7 Å². The van der Waals surface area contributed by atoms with Crippen LogP contribution in [0, 0.1) is 23.7 Å².